The van der Waals surface area contributed by atoms with E-state index in [-0.39, 0.29) is 5.69 Å². The predicted molar refractivity (Wildman–Crippen MR) is 130 cm³/mol. The number of morpholine rings is 1. The highest BCUT2D eigenvalue weighted by molar-refractivity contribution is 6.33. The Morgan fingerprint density at radius 3 is 2.41 bits per heavy atom. The van der Waals surface area contributed by atoms with E-state index in [9.17, 15) is 14.0 Å². The van der Waals surface area contributed by atoms with Crippen molar-refractivity contribution in [2.45, 2.75) is 6.92 Å². The molecular formula is C26H24ClFN2O4. The summed E-state index contributed by atoms with van der Waals surface area (Å²) in [6, 6.07) is 16.3. The zero-order chi connectivity index (χ0) is 24.1. The second-order valence-corrected chi connectivity index (χ2v) is 8.12. The number of halogens is 2. The minimum atomic E-state index is -0.513. The standard InChI is InChI=1S/C26H24ClFN2O4/c1-2-34-26(32)18-5-3-17(4-6-18)21-15-19(7-9-22(21)27)25(31)29-24-10-8-20(16-23(24)28)30-11-13-33-14-12-30/h3-10,15-16H,2,11-14H2,1H3,(H,29,31). The Morgan fingerprint density at radius 2 is 1.74 bits per heavy atom. The van der Waals surface area contributed by atoms with Crippen molar-refractivity contribution in [3.8, 4) is 11.1 Å². The fraction of sp³-hybridized carbons (Fsp3) is 0.231. The summed E-state index contributed by atoms with van der Waals surface area (Å²) in [7, 11) is 0. The average molecular weight is 483 g/mol. The van der Waals surface area contributed by atoms with Crippen LogP contribution in [0, 0.1) is 5.82 Å². The van der Waals surface area contributed by atoms with Crippen LogP contribution in [0.1, 0.15) is 27.6 Å². The first-order valence-corrected chi connectivity index (χ1v) is 11.3. The number of hydrogen-bond donors (Lipinski definition) is 1. The lowest BCUT2D eigenvalue weighted by Crippen LogP contribution is -2.36. The van der Waals surface area contributed by atoms with Gasteiger partial charge in [-0.3, -0.25) is 4.79 Å². The van der Waals surface area contributed by atoms with Crippen molar-refractivity contribution in [3.05, 3.63) is 82.6 Å². The molecule has 1 aliphatic rings. The van der Waals surface area contributed by atoms with Gasteiger partial charge in [-0.2, -0.15) is 0 Å². The molecule has 8 heteroatoms. The molecule has 3 aromatic rings. The number of nitrogens with one attached hydrogen (secondary N) is 1. The molecule has 34 heavy (non-hydrogen) atoms. The van der Waals surface area contributed by atoms with Crippen molar-refractivity contribution in [1.29, 1.82) is 0 Å². The van der Waals surface area contributed by atoms with Gasteiger partial charge in [0.05, 0.1) is 31.1 Å². The monoisotopic (exact) mass is 482 g/mol. The summed E-state index contributed by atoms with van der Waals surface area (Å²) in [5, 5.41) is 3.08. The number of hydrogen-bond acceptors (Lipinski definition) is 5. The molecular weight excluding hydrogens is 459 g/mol. The van der Waals surface area contributed by atoms with Crippen molar-refractivity contribution < 1.29 is 23.5 Å². The van der Waals surface area contributed by atoms with Gasteiger partial charge in [0.2, 0.25) is 0 Å². The van der Waals surface area contributed by atoms with Crippen LogP contribution in [0.5, 0.6) is 0 Å². The lowest BCUT2D eigenvalue weighted by atomic mass is 10.0. The summed E-state index contributed by atoms with van der Waals surface area (Å²) in [5.41, 5.74) is 2.94. The Hall–Kier alpha value is -3.42. The maximum absolute atomic E-state index is 14.7. The van der Waals surface area contributed by atoms with E-state index >= 15 is 0 Å². The third-order valence-corrected chi connectivity index (χ3v) is 5.84. The molecule has 0 spiro atoms. The summed E-state index contributed by atoms with van der Waals surface area (Å²) in [6.07, 6.45) is 0. The smallest absolute Gasteiger partial charge is 0.338 e. The maximum Gasteiger partial charge on any atom is 0.338 e. The van der Waals surface area contributed by atoms with Crippen LogP contribution in [0.15, 0.2) is 60.7 Å². The summed E-state index contributed by atoms with van der Waals surface area (Å²) in [5.74, 6) is -1.38. The number of amides is 1. The zero-order valence-corrected chi connectivity index (χ0v) is 19.4. The Morgan fingerprint density at radius 1 is 1.03 bits per heavy atom. The maximum atomic E-state index is 14.7. The van der Waals surface area contributed by atoms with Crippen LogP contribution in [-0.2, 0) is 9.47 Å². The van der Waals surface area contributed by atoms with Gasteiger partial charge < -0.3 is 19.7 Å². The first-order valence-electron chi connectivity index (χ1n) is 11.0. The van der Waals surface area contributed by atoms with Gasteiger partial charge >= 0.3 is 5.97 Å². The number of carbonyl (C=O) groups is 2. The van der Waals surface area contributed by atoms with Gasteiger partial charge in [-0.1, -0.05) is 23.7 Å². The highest BCUT2D eigenvalue weighted by atomic mass is 35.5. The fourth-order valence-electron chi connectivity index (χ4n) is 3.71. The Bertz CT molecular complexity index is 1190. The summed E-state index contributed by atoms with van der Waals surface area (Å²) >= 11 is 6.37. The summed E-state index contributed by atoms with van der Waals surface area (Å²) in [4.78, 5) is 26.8. The topological polar surface area (TPSA) is 67.9 Å². The minimum absolute atomic E-state index is 0.0947. The Kier molecular flexibility index (Phi) is 7.45. The van der Waals surface area contributed by atoms with Crippen LogP contribution in [0.3, 0.4) is 0 Å². The third kappa shape index (κ3) is 5.38. The van der Waals surface area contributed by atoms with E-state index in [1.54, 1.807) is 61.5 Å². The molecule has 1 fully saturated rings. The van der Waals surface area contributed by atoms with Gasteiger partial charge in [0.25, 0.3) is 5.91 Å². The molecule has 0 saturated carbocycles. The second kappa shape index (κ2) is 10.7. The Labute approximate surface area is 202 Å². The molecule has 0 unspecified atom stereocenters. The average Bonchev–Trinajstić information content (AvgIpc) is 2.86. The number of benzene rings is 3. The molecule has 0 atom stereocenters. The number of ether oxygens (including phenoxy) is 2. The summed E-state index contributed by atoms with van der Waals surface area (Å²) < 4.78 is 25.0. The normalized spacial score (nSPS) is 13.4. The number of carbonyl (C=O) groups excluding carboxylic acids is 2. The molecule has 6 nitrogen and oxygen atoms in total. The molecule has 0 aliphatic carbocycles. The second-order valence-electron chi connectivity index (χ2n) is 7.71. The molecule has 0 bridgehead atoms. The van der Waals surface area contributed by atoms with Crippen molar-refractivity contribution in [2.24, 2.45) is 0 Å². The number of nitrogens with zero attached hydrogens (tertiary/aromatic N) is 1. The van der Waals surface area contributed by atoms with Crippen molar-refractivity contribution in [2.75, 3.05) is 43.1 Å². The van der Waals surface area contributed by atoms with E-state index in [1.165, 1.54) is 6.07 Å². The van der Waals surface area contributed by atoms with E-state index in [0.717, 1.165) is 11.3 Å². The van der Waals surface area contributed by atoms with Gasteiger partial charge in [-0.15, -0.1) is 0 Å². The quantitative estimate of drug-likeness (QED) is 0.476. The molecule has 4 rings (SSSR count). The molecule has 0 radical (unpaired) electrons. The van der Waals surface area contributed by atoms with Gasteiger partial charge in [0.1, 0.15) is 5.82 Å². The molecule has 1 saturated heterocycles. The van der Waals surface area contributed by atoms with Crippen molar-refractivity contribution >= 4 is 34.9 Å². The fourth-order valence-corrected chi connectivity index (χ4v) is 3.93. The predicted octanol–water partition coefficient (Wildman–Crippen LogP) is 5.41. The first-order chi connectivity index (χ1) is 16.5. The van der Waals surface area contributed by atoms with Gasteiger partial charge in [-0.05, 0) is 61.0 Å². The van der Waals surface area contributed by atoms with E-state index in [4.69, 9.17) is 21.1 Å². The molecule has 0 aromatic heterocycles. The van der Waals surface area contributed by atoms with Gasteiger partial charge in [0, 0.05) is 34.9 Å². The van der Waals surface area contributed by atoms with E-state index in [2.05, 4.69) is 5.32 Å². The van der Waals surface area contributed by atoms with Crippen LogP contribution in [0.4, 0.5) is 15.8 Å². The summed E-state index contributed by atoms with van der Waals surface area (Å²) in [6.45, 7) is 4.63. The zero-order valence-electron chi connectivity index (χ0n) is 18.6. The molecule has 1 N–H and O–H groups in total. The molecule has 176 valence electrons. The van der Waals surface area contributed by atoms with Crippen LogP contribution in [0.2, 0.25) is 5.02 Å². The minimum Gasteiger partial charge on any atom is -0.462 e. The highest BCUT2D eigenvalue weighted by Crippen LogP contribution is 2.30. The van der Waals surface area contributed by atoms with E-state index in [0.29, 0.717) is 54.6 Å². The van der Waals surface area contributed by atoms with Crippen molar-refractivity contribution in [1.82, 2.24) is 0 Å². The van der Waals surface area contributed by atoms with E-state index in [1.807, 2.05) is 4.90 Å². The Balaban J connectivity index is 1.51. The number of esters is 1. The van der Waals surface area contributed by atoms with Crippen LogP contribution in [-0.4, -0.2) is 44.8 Å². The SMILES string of the molecule is CCOC(=O)c1ccc(-c2cc(C(=O)Nc3ccc(N4CCOCC4)cc3F)ccc2Cl)cc1. The lowest BCUT2D eigenvalue weighted by Gasteiger charge is -2.29. The van der Waals surface area contributed by atoms with Crippen LogP contribution >= 0.6 is 11.6 Å². The first kappa shape index (κ1) is 23.7. The highest BCUT2D eigenvalue weighted by Gasteiger charge is 2.16. The van der Waals surface area contributed by atoms with Crippen molar-refractivity contribution in [3.63, 3.8) is 0 Å². The molecule has 3 aromatic carbocycles. The number of anilines is 2. The van der Waals surface area contributed by atoms with E-state index < -0.39 is 17.7 Å². The molecule has 1 amide bonds. The lowest BCUT2D eigenvalue weighted by molar-refractivity contribution is 0.0526. The van der Waals surface area contributed by atoms with Gasteiger partial charge in [-0.25, -0.2) is 9.18 Å². The molecule has 1 aliphatic heterocycles. The largest absolute Gasteiger partial charge is 0.462 e. The van der Waals surface area contributed by atoms with Crippen LogP contribution < -0.4 is 10.2 Å². The molecule has 1 heterocycles. The number of rotatable bonds is 6. The van der Waals surface area contributed by atoms with Gasteiger partial charge in [0.15, 0.2) is 0 Å². The van der Waals surface area contributed by atoms with Crippen LogP contribution in [0.25, 0.3) is 11.1 Å². The third-order valence-electron chi connectivity index (χ3n) is 5.51.